The highest BCUT2D eigenvalue weighted by atomic mass is 16.5. The maximum Gasteiger partial charge on any atom is 0.333 e. The Morgan fingerprint density at radius 1 is 1.44 bits per heavy atom. The monoisotopic (exact) mass is 225 g/mol. The second-order valence-electron chi connectivity index (χ2n) is 3.33. The minimum absolute atomic E-state index is 0.0291. The predicted octanol–water partition coefficient (Wildman–Crippen LogP) is 0.230. The Labute approximate surface area is 93.7 Å². The number of benzene rings is 1. The average molecular weight is 225 g/mol. The van der Waals surface area contributed by atoms with Gasteiger partial charge in [-0.15, -0.1) is 0 Å². The first-order valence-corrected chi connectivity index (χ1v) is 4.88. The fraction of sp³-hybridized carbons (Fsp3) is 0.364. The molecule has 0 spiro atoms. The fourth-order valence-corrected chi connectivity index (χ4v) is 1.18. The molecule has 0 saturated heterocycles. The Kier molecular flexibility index (Phi) is 4.75. The first-order valence-electron chi connectivity index (χ1n) is 4.88. The molecule has 5 nitrogen and oxygen atoms in total. The zero-order chi connectivity index (χ0) is 12.0. The Bertz CT molecular complexity index is 336. The van der Waals surface area contributed by atoms with Gasteiger partial charge in [0, 0.05) is 13.1 Å². The Morgan fingerprint density at radius 3 is 2.56 bits per heavy atom. The lowest BCUT2D eigenvalue weighted by Crippen LogP contribution is -2.32. The van der Waals surface area contributed by atoms with Crippen molar-refractivity contribution in [3.63, 3.8) is 0 Å². The highest BCUT2D eigenvalue weighted by Gasteiger charge is 2.11. The second kappa shape index (κ2) is 6.09. The van der Waals surface area contributed by atoms with Gasteiger partial charge in [-0.05, 0) is 17.7 Å². The third-order valence-corrected chi connectivity index (χ3v) is 2.11. The molecule has 1 aromatic carbocycles. The number of nitrogens with one attached hydrogen (secondary N) is 1. The van der Waals surface area contributed by atoms with Gasteiger partial charge in [0.1, 0.15) is 5.75 Å². The van der Waals surface area contributed by atoms with Gasteiger partial charge in [0.15, 0.2) is 6.10 Å². The summed E-state index contributed by atoms with van der Waals surface area (Å²) in [6.07, 6.45) is -1.36. The van der Waals surface area contributed by atoms with Crippen molar-refractivity contribution in [1.29, 1.82) is 0 Å². The van der Waals surface area contributed by atoms with Crippen LogP contribution in [0.3, 0.4) is 0 Å². The van der Waals surface area contributed by atoms with Gasteiger partial charge in [-0.2, -0.15) is 0 Å². The van der Waals surface area contributed by atoms with Gasteiger partial charge in [-0.1, -0.05) is 12.1 Å². The quantitative estimate of drug-likeness (QED) is 0.646. The van der Waals surface area contributed by atoms with Crippen molar-refractivity contribution in [2.75, 3.05) is 13.7 Å². The molecule has 3 N–H and O–H groups in total. The summed E-state index contributed by atoms with van der Waals surface area (Å²) < 4.78 is 5.01. The van der Waals surface area contributed by atoms with Crippen LogP contribution in [0.5, 0.6) is 5.75 Å². The van der Waals surface area contributed by atoms with E-state index in [2.05, 4.69) is 5.32 Å². The van der Waals surface area contributed by atoms with Crippen molar-refractivity contribution in [2.45, 2.75) is 12.6 Å². The van der Waals surface area contributed by atoms with E-state index < -0.39 is 12.1 Å². The van der Waals surface area contributed by atoms with Crippen LogP contribution in [0.1, 0.15) is 5.56 Å². The third kappa shape index (κ3) is 3.88. The topological polar surface area (TPSA) is 78.8 Å². The molecule has 88 valence electrons. The summed E-state index contributed by atoms with van der Waals surface area (Å²) in [4.78, 5) is 10.3. The van der Waals surface area contributed by atoms with Crippen LogP contribution in [0.15, 0.2) is 24.3 Å². The zero-order valence-electron chi connectivity index (χ0n) is 9.01. The Morgan fingerprint density at radius 2 is 2.06 bits per heavy atom. The highest BCUT2D eigenvalue weighted by Crippen LogP contribution is 2.10. The maximum absolute atomic E-state index is 10.3. The number of carboxylic acids is 1. The van der Waals surface area contributed by atoms with E-state index in [-0.39, 0.29) is 6.54 Å². The lowest BCUT2D eigenvalue weighted by Gasteiger charge is -2.08. The van der Waals surface area contributed by atoms with Gasteiger partial charge < -0.3 is 20.3 Å². The van der Waals surface area contributed by atoms with Crippen LogP contribution in [-0.4, -0.2) is 35.9 Å². The summed E-state index contributed by atoms with van der Waals surface area (Å²) in [5, 5.41) is 20.3. The molecule has 1 unspecified atom stereocenters. The molecule has 1 aromatic rings. The molecular formula is C11H15NO4. The summed E-state index contributed by atoms with van der Waals surface area (Å²) in [7, 11) is 1.59. The number of aliphatic hydroxyl groups is 1. The highest BCUT2D eigenvalue weighted by molar-refractivity contribution is 5.72. The Hall–Kier alpha value is -1.59. The van der Waals surface area contributed by atoms with E-state index in [4.69, 9.17) is 14.9 Å². The third-order valence-electron chi connectivity index (χ3n) is 2.11. The summed E-state index contributed by atoms with van der Waals surface area (Å²) in [5.41, 5.74) is 0.999. The van der Waals surface area contributed by atoms with Crippen LogP contribution < -0.4 is 10.1 Å². The number of aliphatic carboxylic acids is 1. The molecule has 0 aliphatic carbocycles. The molecule has 0 radical (unpaired) electrons. The molecule has 1 atom stereocenters. The van der Waals surface area contributed by atoms with Gasteiger partial charge in [0.05, 0.1) is 7.11 Å². The summed E-state index contributed by atoms with van der Waals surface area (Å²) in [5.74, 6) is -0.448. The van der Waals surface area contributed by atoms with Gasteiger partial charge in [0.2, 0.25) is 0 Å². The second-order valence-corrected chi connectivity index (χ2v) is 3.33. The number of aliphatic hydroxyl groups excluding tert-OH is 1. The molecule has 0 amide bonds. The number of rotatable bonds is 6. The zero-order valence-corrected chi connectivity index (χ0v) is 9.01. The molecule has 0 fully saturated rings. The first-order chi connectivity index (χ1) is 7.63. The van der Waals surface area contributed by atoms with Crippen LogP contribution >= 0.6 is 0 Å². The normalized spacial score (nSPS) is 12.1. The van der Waals surface area contributed by atoms with Gasteiger partial charge >= 0.3 is 5.97 Å². The number of hydrogen-bond acceptors (Lipinski definition) is 4. The van der Waals surface area contributed by atoms with Crippen LogP contribution in [0.2, 0.25) is 0 Å². The molecule has 0 aliphatic rings. The summed E-state index contributed by atoms with van der Waals surface area (Å²) >= 11 is 0. The lowest BCUT2D eigenvalue weighted by atomic mass is 10.2. The van der Waals surface area contributed by atoms with E-state index in [0.717, 1.165) is 11.3 Å². The number of hydrogen-bond donors (Lipinski definition) is 3. The van der Waals surface area contributed by atoms with Gasteiger partial charge in [0.25, 0.3) is 0 Å². The summed E-state index contributed by atoms with van der Waals surface area (Å²) in [6, 6.07) is 7.40. The van der Waals surface area contributed by atoms with Gasteiger partial charge in [-0.3, -0.25) is 0 Å². The molecular weight excluding hydrogens is 210 g/mol. The first kappa shape index (κ1) is 12.5. The SMILES string of the molecule is COc1ccc(CNCC(O)C(=O)O)cc1. The average Bonchev–Trinajstić information content (AvgIpc) is 2.29. The van der Waals surface area contributed by atoms with Crippen LogP contribution in [0, 0.1) is 0 Å². The van der Waals surface area contributed by atoms with E-state index >= 15 is 0 Å². The smallest absolute Gasteiger partial charge is 0.333 e. The minimum atomic E-state index is -1.36. The number of carbonyl (C=O) groups is 1. The van der Waals surface area contributed by atoms with Crippen molar-refractivity contribution < 1.29 is 19.7 Å². The minimum Gasteiger partial charge on any atom is -0.497 e. The largest absolute Gasteiger partial charge is 0.497 e. The predicted molar refractivity (Wildman–Crippen MR) is 58.3 cm³/mol. The molecule has 0 aromatic heterocycles. The number of ether oxygens (including phenoxy) is 1. The molecule has 1 rings (SSSR count). The fourth-order valence-electron chi connectivity index (χ4n) is 1.18. The maximum atomic E-state index is 10.3. The molecule has 0 heterocycles. The van der Waals surface area contributed by atoms with Crippen molar-refractivity contribution in [3.8, 4) is 5.75 Å². The number of carboxylic acid groups (broad SMARTS) is 1. The van der Waals surface area contributed by atoms with E-state index in [1.54, 1.807) is 7.11 Å². The van der Waals surface area contributed by atoms with Crippen molar-refractivity contribution in [1.82, 2.24) is 5.32 Å². The molecule has 0 bridgehead atoms. The summed E-state index contributed by atoms with van der Waals surface area (Å²) in [6.45, 7) is 0.537. The van der Waals surface area contributed by atoms with E-state index in [9.17, 15) is 4.79 Å². The Balaban J connectivity index is 2.34. The van der Waals surface area contributed by atoms with Crippen molar-refractivity contribution >= 4 is 5.97 Å². The van der Waals surface area contributed by atoms with Gasteiger partial charge in [-0.25, -0.2) is 4.79 Å². The standard InChI is InChI=1S/C11H15NO4/c1-16-9-4-2-8(3-5-9)6-12-7-10(13)11(14)15/h2-5,10,12-13H,6-7H2,1H3,(H,14,15). The molecule has 0 saturated carbocycles. The van der Waals surface area contributed by atoms with Crippen molar-refractivity contribution in [2.24, 2.45) is 0 Å². The van der Waals surface area contributed by atoms with Crippen LogP contribution in [0.4, 0.5) is 0 Å². The van der Waals surface area contributed by atoms with Crippen molar-refractivity contribution in [3.05, 3.63) is 29.8 Å². The van der Waals surface area contributed by atoms with E-state index in [0.29, 0.717) is 6.54 Å². The molecule has 0 aliphatic heterocycles. The molecule has 5 heteroatoms. The van der Waals surface area contributed by atoms with E-state index in [1.165, 1.54) is 0 Å². The van der Waals surface area contributed by atoms with Crippen LogP contribution in [-0.2, 0) is 11.3 Å². The molecule has 16 heavy (non-hydrogen) atoms. The lowest BCUT2D eigenvalue weighted by molar-refractivity contribution is -0.146. The number of methoxy groups -OCH3 is 1. The van der Waals surface area contributed by atoms with E-state index in [1.807, 2.05) is 24.3 Å². The van der Waals surface area contributed by atoms with Crippen LogP contribution in [0.25, 0.3) is 0 Å².